The Morgan fingerprint density at radius 1 is 1.32 bits per heavy atom. The van der Waals surface area contributed by atoms with Crippen molar-refractivity contribution in [2.24, 2.45) is 0 Å². The quantitative estimate of drug-likeness (QED) is 0.779. The summed E-state index contributed by atoms with van der Waals surface area (Å²) in [5.41, 5.74) is 1.18. The Kier molecular flexibility index (Phi) is 6.19. The van der Waals surface area contributed by atoms with Crippen molar-refractivity contribution in [1.29, 1.82) is 0 Å². The molecule has 0 radical (unpaired) electrons. The van der Waals surface area contributed by atoms with Crippen molar-refractivity contribution in [3.8, 4) is 5.88 Å². The van der Waals surface area contributed by atoms with Gasteiger partial charge in [0.1, 0.15) is 5.76 Å². The topological polar surface area (TPSA) is 39.1 Å². The molecule has 1 unspecified atom stereocenters. The van der Waals surface area contributed by atoms with Gasteiger partial charge in [-0.1, -0.05) is 33.8 Å². The van der Waals surface area contributed by atoms with Crippen molar-refractivity contribution in [3.63, 3.8) is 0 Å². The first kappa shape index (κ1) is 15.3. The van der Waals surface area contributed by atoms with Crippen molar-refractivity contribution in [3.05, 3.63) is 35.9 Å². The van der Waals surface area contributed by atoms with E-state index in [0.29, 0.717) is 6.04 Å². The van der Waals surface area contributed by atoms with E-state index < -0.39 is 0 Å². The molecule has 0 spiro atoms. The van der Waals surface area contributed by atoms with Crippen molar-refractivity contribution in [2.75, 3.05) is 0 Å². The number of allylic oxidation sites excluding steroid dienone is 2. The van der Waals surface area contributed by atoms with Crippen LogP contribution in [0, 0.1) is 0 Å². The fourth-order valence-electron chi connectivity index (χ4n) is 1.92. The highest BCUT2D eigenvalue weighted by molar-refractivity contribution is 5.30. The highest BCUT2D eigenvalue weighted by Gasteiger charge is 2.19. The summed E-state index contributed by atoms with van der Waals surface area (Å²) in [7, 11) is 0. The van der Waals surface area contributed by atoms with Crippen LogP contribution in [0.15, 0.2) is 35.9 Å². The van der Waals surface area contributed by atoms with E-state index in [4.69, 9.17) is 4.74 Å². The average molecular weight is 263 g/mol. The normalized spacial score (nSPS) is 19.3. The van der Waals surface area contributed by atoms with Gasteiger partial charge in [-0.05, 0) is 13.0 Å². The third kappa shape index (κ3) is 3.63. The number of hydrogen-bond donors (Lipinski definition) is 1. The van der Waals surface area contributed by atoms with Crippen molar-refractivity contribution in [1.82, 2.24) is 15.1 Å². The molecule has 1 aromatic rings. The first-order valence-corrected chi connectivity index (χ1v) is 7.20. The fourth-order valence-corrected chi connectivity index (χ4v) is 1.92. The minimum atomic E-state index is 0.387. The molecule has 0 saturated heterocycles. The summed E-state index contributed by atoms with van der Waals surface area (Å²) in [6.45, 7) is 11.0. The van der Waals surface area contributed by atoms with Crippen LogP contribution in [-0.2, 0) is 6.54 Å². The maximum atomic E-state index is 5.78. The Bertz CT molecular complexity index is 446. The zero-order valence-corrected chi connectivity index (χ0v) is 12.6. The molecule has 1 N–H and O–H groups in total. The summed E-state index contributed by atoms with van der Waals surface area (Å²) in [6.07, 6.45) is 6.85. The molecule has 4 heteroatoms. The van der Waals surface area contributed by atoms with Crippen LogP contribution in [-0.4, -0.2) is 15.8 Å². The SMILES string of the molecule is CC.CC.CC1C=CC2=C(CCn3nccc3O2)N1. The van der Waals surface area contributed by atoms with Gasteiger partial charge in [0.05, 0.1) is 18.4 Å². The second kappa shape index (κ2) is 7.67. The monoisotopic (exact) mass is 263 g/mol. The maximum Gasteiger partial charge on any atom is 0.217 e. The Hall–Kier alpha value is -1.71. The van der Waals surface area contributed by atoms with Crippen molar-refractivity contribution in [2.45, 2.75) is 53.6 Å². The molecular formula is C15H25N3O. The van der Waals surface area contributed by atoms with Gasteiger partial charge in [-0.25, -0.2) is 4.68 Å². The molecule has 1 aromatic heterocycles. The summed E-state index contributed by atoms with van der Waals surface area (Å²) < 4.78 is 7.67. The van der Waals surface area contributed by atoms with Gasteiger partial charge >= 0.3 is 0 Å². The first-order chi connectivity index (χ1) is 9.33. The first-order valence-electron chi connectivity index (χ1n) is 7.20. The van der Waals surface area contributed by atoms with Gasteiger partial charge in [-0.3, -0.25) is 0 Å². The molecule has 0 aliphatic carbocycles. The number of fused-ring (bicyclic) bond motifs is 1. The van der Waals surface area contributed by atoms with E-state index in [-0.39, 0.29) is 0 Å². The van der Waals surface area contributed by atoms with Crippen LogP contribution in [0.4, 0.5) is 0 Å². The van der Waals surface area contributed by atoms with E-state index in [9.17, 15) is 0 Å². The number of nitrogens with one attached hydrogen (secondary N) is 1. The van der Waals surface area contributed by atoms with Gasteiger partial charge < -0.3 is 10.1 Å². The maximum absolute atomic E-state index is 5.78. The number of aromatic nitrogens is 2. The molecular weight excluding hydrogens is 238 g/mol. The van der Waals surface area contributed by atoms with Crippen LogP contribution >= 0.6 is 0 Å². The largest absolute Gasteiger partial charge is 0.437 e. The molecule has 19 heavy (non-hydrogen) atoms. The molecule has 2 aliphatic rings. The molecule has 3 rings (SSSR count). The van der Waals surface area contributed by atoms with E-state index >= 15 is 0 Å². The van der Waals surface area contributed by atoms with Crippen LogP contribution in [0.3, 0.4) is 0 Å². The summed E-state index contributed by atoms with van der Waals surface area (Å²) >= 11 is 0. The Labute approximate surface area is 116 Å². The Balaban J connectivity index is 0.000000415. The van der Waals surface area contributed by atoms with Crippen LogP contribution in [0.1, 0.15) is 41.0 Å². The molecule has 4 nitrogen and oxygen atoms in total. The van der Waals surface area contributed by atoms with Crippen LogP contribution in [0.2, 0.25) is 0 Å². The smallest absolute Gasteiger partial charge is 0.217 e. The predicted octanol–water partition coefficient (Wildman–Crippen LogP) is 3.48. The average Bonchev–Trinajstić information content (AvgIpc) is 2.84. The summed E-state index contributed by atoms with van der Waals surface area (Å²) in [6, 6.07) is 2.28. The number of rotatable bonds is 0. The molecule has 0 saturated carbocycles. The second-order valence-electron chi connectivity index (χ2n) is 3.88. The number of dihydropyridines is 1. The number of nitrogens with zero attached hydrogens (tertiary/aromatic N) is 2. The third-order valence-electron chi connectivity index (χ3n) is 2.70. The lowest BCUT2D eigenvalue weighted by Crippen LogP contribution is -2.28. The fraction of sp³-hybridized carbons (Fsp3) is 0.533. The number of aryl methyl sites for hydroxylation is 1. The van der Waals surface area contributed by atoms with E-state index in [0.717, 1.165) is 24.6 Å². The van der Waals surface area contributed by atoms with Gasteiger partial charge in [-0.2, -0.15) is 5.10 Å². The van der Waals surface area contributed by atoms with Gasteiger partial charge in [0.25, 0.3) is 0 Å². The van der Waals surface area contributed by atoms with Gasteiger partial charge in [0.15, 0.2) is 0 Å². The predicted molar refractivity (Wildman–Crippen MR) is 78.9 cm³/mol. The lowest BCUT2D eigenvalue weighted by Gasteiger charge is -2.20. The highest BCUT2D eigenvalue weighted by Crippen LogP contribution is 2.24. The standard InChI is InChI=1S/C11H13N3O.2C2H6/c1-8-2-3-10-9(13-8)5-7-14-11(15-10)4-6-12-14;2*1-2/h2-4,6,8,13H,5,7H2,1H3;2*1-2H3. The van der Waals surface area contributed by atoms with E-state index in [1.54, 1.807) is 6.20 Å². The Morgan fingerprint density at radius 2 is 2.05 bits per heavy atom. The Morgan fingerprint density at radius 3 is 2.79 bits per heavy atom. The van der Waals surface area contributed by atoms with Crippen LogP contribution in [0.5, 0.6) is 5.88 Å². The molecule has 1 atom stereocenters. The highest BCUT2D eigenvalue weighted by atomic mass is 16.5. The molecule has 3 heterocycles. The van der Waals surface area contributed by atoms with E-state index in [2.05, 4.69) is 23.4 Å². The zero-order chi connectivity index (χ0) is 14.3. The third-order valence-corrected chi connectivity index (χ3v) is 2.70. The van der Waals surface area contributed by atoms with Gasteiger partial charge in [0, 0.05) is 18.5 Å². The van der Waals surface area contributed by atoms with E-state index in [1.807, 2.05) is 44.5 Å². The molecule has 2 aliphatic heterocycles. The molecule has 0 aromatic carbocycles. The van der Waals surface area contributed by atoms with Gasteiger partial charge in [0.2, 0.25) is 5.88 Å². The number of hydrogen-bond acceptors (Lipinski definition) is 3. The second-order valence-corrected chi connectivity index (χ2v) is 3.88. The van der Waals surface area contributed by atoms with Crippen molar-refractivity contribution < 1.29 is 4.74 Å². The molecule has 0 fully saturated rings. The molecule has 0 bridgehead atoms. The van der Waals surface area contributed by atoms with Crippen LogP contribution < -0.4 is 10.1 Å². The van der Waals surface area contributed by atoms with Crippen molar-refractivity contribution >= 4 is 0 Å². The molecule has 106 valence electrons. The zero-order valence-electron chi connectivity index (χ0n) is 12.6. The molecule has 0 amide bonds. The lowest BCUT2D eigenvalue weighted by molar-refractivity contribution is 0.392. The van der Waals surface area contributed by atoms with Crippen LogP contribution in [0.25, 0.3) is 0 Å². The summed E-state index contributed by atoms with van der Waals surface area (Å²) in [4.78, 5) is 0. The minimum absolute atomic E-state index is 0.387. The summed E-state index contributed by atoms with van der Waals surface area (Å²) in [5, 5.41) is 7.62. The summed E-state index contributed by atoms with van der Waals surface area (Å²) in [5.74, 6) is 1.74. The van der Waals surface area contributed by atoms with Gasteiger partial charge in [-0.15, -0.1) is 0 Å². The van der Waals surface area contributed by atoms with E-state index in [1.165, 1.54) is 5.70 Å². The lowest BCUT2D eigenvalue weighted by atomic mass is 10.1. The number of ether oxygens (including phenoxy) is 1. The minimum Gasteiger partial charge on any atom is -0.437 e.